The number of aromatic nitrogens is 2. The van der Waals surface area contributed by atoms with Crippen molar-refractivity contribution in [1.82, 2.24) is 14.5 Å². The van der Waals surface area contributed by atoms with Crippen molar-refractivity contribution in [2.45, 2.75) is 47.2 Å². The van der Waals surface area contributed by atoms with E-state index >= 15 is 0 Å². The molecular weight excluding hydrogens is 426 g/mol. The Hall–Kier alpha value is -3.80. The summed E-state index contributed by atoms with van der Waals surface area (Å²) >= 11 is 0. The summed E-state index contributed by atoms with van der Waals surface area (Å²) in [7, 11) is 1.63. The van der Waals surface area contributed by atoms with Crippen LogP contribution in [0.1, 0.15) is 46.7 Å². The summed E-state index contributed by atoms with van der Waals surface area (Å²) in [5, 5.41) is 10.2. The third-order valence-corrected chi connectivity index (χ3v) is 6.13. The molecule has 0 aliphatic rings. The number of ether oxygens (including phenoxy) is 1. The van der Waals surface area contributed by atoms with Crippen molar-refractivity contribution >= 4 is 16.9 Å². The Morgan fingerprint density at radius 1 is 1.03 bits per heavy atom. The van der Waals surface area contributed by atoms with Gasteiger partial charge in [0.25, 0.3) is 5.91 Å². The van der Waals surface area contributed by atoms with Crippen LogP contribution >= 0.6 is 0 Å². The van der Waals surface area contributed by atoms with Crippen molar-refractivity contribution in [2.24, 2.45) is 0 Å². The molecule has 0 bridgehead atoms. The van der Waals surface area contributed by atoms with E-state index in [2.05, 4.69) is 0 Å². The number of carbonyl (C=O) groups is 1. The maximum Gasteiger partial charge on any atom is 0.255 e. The van der Waals surface area contributed by atoms with E-state index in [9.17, 15) is 9.90 Å². The van der Waals surface area contributed by atoms with Crippen LogP contribution in [0.3, 0.4) is 0 Å². The molecule has 0 aliphatic carbocycles. The number of benzene rings is 3. The fraction of sp³-hybridized carbons (Fsp3) is 0.286. The lowest BCUT2D eigenvalue weighted by molar-refractivity contribution is 0.0683. The number of aromatic hydroxyl groups is 1. The van der Waals surface area contributed by atoms with Crippen molar-refractivity contribution in [2.75, 3.05) is 7.11 Å². The molecule has 3 aromatic carbocycles. The summed E-state index contributed by atoms with van der Waals surface area (Å²) in [6, 6.07) is 16.9. The van der Waals surface area contributed by atoms with Crippen LogP contribution < -0.4 is 4.74 Å². The average molecular weight is 458 g/mol. The summed E-state index contributed by atoms with van der Waals surface area (Å²) in [5.74, 6) is 1.62. The van der Waals surface area contributed by atoms with E-state index in [4.69, 9.17) is 9.72 Å². The minimum atomic E-state index is -0.0369. The van der Waals surface area contributed by atoms with Crippen LogP contribution in [0.25, 0.3) is 16.7 Å². The molecule has 0 unspecified atom stereocenters. The summed E-state index contributed by atoms with van der Waals surface area (Å²) in [5.41, 5.74) is 6.24. The minimum Gasteiger partial charge on any atom is -0.508 e. The number of methoxy groups -OCH3 is 1. The molecule has 0 saturated heterocycles. The Balaban J connectivity index is 1.83. The highest BCUT2D eigenvalue weighted by Gasteiger charge is 2.25. The molecule has 6 heteroatoms. The second-order valence-electron chi connectivity index (χ2n) is 9.04. The van der Waals surface area contributed by atoms with Gasteiger partial charge < -0.3 is 14.7 Å². The van der Waals surface area contributed by atoms with Gasteiger partial charge in [-0.1, -0.05) is 17.7 Å². The van der Waals surface area contributed by atoms with E-state index in [-0.39, 0.29) is 17.7 Å². The number of phenolic OH excluding ortho intramolecular Hbond substituents is 1. The Labute approximate surface area is 200 Å². The quantitative estimate of drug-likeness (QED) is 0.402. The minimum absolute atomic E-state index is 0.0128. The first-order valence-electron chi connectivity index (χ1n) is 11.4. The second kappa shape index (κ2) is 9.21. The fourth-order valence-corrected chi connectivity index (χ4v) is 4.54. The van der Waals surface area contributed by atoms with Crippen LogP contribution in [0.15, 0.2) is 54.6 Å². The SMILES string of the molecule is COc1ccc(-n2c(CN(C(=O)c3c(C)cc(C)cc3C)C(C)C)nc3ccc(O)cc32)cc1. The third-order valence-electron chi connectivity index (χ3n) is 6.13. The molecule has 34 heavy (non-hydrogen) atoms. The number of aryl methyl sites for hydroxylation is 3. The van der Waals surface area contributed by atoms with Gasteiger partial charge in [-0.25, -0.2) is 4.98 Å². The molecule has 4 rings (SSSR count). The maximum absolute atomic E-state index is 13.8. The van der Waals surface area contributed by atoms with Crippen molar-refractivity contribution in [1.29, 1.82) is 0 Å². The van der Waals surface area contributed by atoms with Gasteiger partial charge >= 0.3 is 0 Å². The standard InChI is InChI=1S/C28H31N3O3/c1-17(2)30(28(33)27-19(4)13-18(3)14-20(27)5)16-26-29-24-12-9-22(32)15-25(24)31(26)21-7-10-23(34-6)11-8-21/h7-15,17,32H,16H2,1-6H3. The van der Waals surface area contributed by atoms with E-state index in [1.54, 1.807) is 25.3 Å². The number of fused-ring (bicyclic) bond motifs is 1. The summed E-state index contributed by atoms with van der Waals surface area (Å²) in [4.78, 5) is 20.5. The summed E-state index contributed by atoms with van der Waals surface area (Å²) < 4.78 is 7.30. The Kier molecular flexibility index (Phi) is 6.33. The zero-order valence-corrected chi connectivity index (χ0v) is 20.6. The highest BCUT2D eigenvalue weighted by molar-refractivity contribution is 5.97. The predicted octanol–water partition coefficient (Wildman–Crippen LogP) is 5.72. The molecule has 0 atom stereocenters. The van der Waals surface area contributed by atoms with Gasteiger partial charge in [0.2, 0.25) is 0 Å². The first-order chi connectivity index (χ1) is 16.2. The van der Waals surface area contributed by atoms with Crippen molar-refractivity contribution in [3.05, 3.63) is 82.7 Å². The highest BCUT2D eigenvalue weighted by atomic mass is 16.5. The van der Waals surface area contributed by atoms with Gasteiger partial charge in [-0.15, -0.1) is 0 Å². The number of rotatable bonds is 6. The fourth-order valence-electron chi connectivity index (χ4n) is 4.54. The number of hydrogen-bond donors (Lipinski definition) is 1. The number of imidazole rings is 1. The van der Waals surface area contributed by atoms with Gasteiger partial charge in [0.1, 0.15) is 17.3 Å². The van der Waals surface area contributed by atoms with E-state index in [1.165, 1.54) is 0 Å². The Morgan fingerprint density at radius 2 is 1.68 bits per heavy atom. The smallest absolute Gasteiger partial charge is 0.255 e. The van der Waals surface area contributed by atoms with Gasteiger partial charge in [0, 0.05) is 23.4 Å². The topological polar surface area (TPSA) is 67.6 Å². The predicted molar refractivity (Wildman–Crippen MR) is 135 cm³/mol. The van der Waals surface area contributed by atoms with Crippen molar-refractivity contribution in [3.63, 3.8) is 0 Å². The van der Waals surface area contributed by atoms with Gasteiger partial charge in [-0.05, 0) is 82.1 Å². The maximum atomic E-state index is 13.8. The molecule has 0 aliphatic heterocycles. The van der Waals surface area contributed by atoms with Crippen LogP contribution in [0, 0.1) is 20.8 Å². The monoisotopic (exact) mass is 457 g/mol. The molecule has 0 fully saturated rings. The highest BCUT2D eigenvalue weighted by Crippen LogP contribution is 2.28. The number of nitrogens with zero attached hydrogens (tertiary/aromatic N) is 3. The van der Waals surface area contributed by atoms with Crippen LogP contribution in [0.4, 0.5) is 0 Å². The molecule has 0 radical (unpaired) electrons. The molecule has 0 spiro atoms. The Bertz CT molecular complexity index is 1330. The van der Waals surface area contributed by atoms with Crippen LogP contribution in [0.2, 0.25) is 0 Å². The normalized spacial score (nSPS) is 11.3. The Morgan fingerprint density at radius 3 is 2.26 bits per heavy atom. The molecule has 1 aromatic heterocycles. The molecule has 176 valence electrons. The summed E-state index contributed by atoms with van der Waals surface area (Å²) in [6.45, 7) is 10.4. The largest absolute Gasteiger partial charge is 0.508 e. The van der Waals surface area contributed by atoms with Gasteiger partial charge in [0.05, 0.1) is 24.7 Å². The van der Waals surface area contributed by atoms with E-state index in [1.807, 2.05) is 80.5 Å². The lowest BCUT2D eigenvalue weighted by atomic mass is 9.98. The average Bonchev–Trinajstić information content (AvgIpc) is 3.13. The lowest BCUT2D eigenvalue weighted by Gasteiger charge is -2.28. The molecule has 1 heterocycles. The number of amides is 1. The zero-order valence-electron chi connectivity index (χ0n) is 20.6. The molecule has 1 amide bonds. The molecule has 4 aromatic rings. The van der Waals surface area contributed by atoms with Gasteiger partial charge in [-0.2, -0.15) is 0 Å². The van der Waals surface area contributed by atoms with E-state index < -0.39 is 0 Å². The first-order valence-corrected chi connectivity index (χ1v) is 11.4. The molecular formula is C28H31N3O3. The van der Waals surface area contributed by atoms with Crippen LogP contribution in [-0.2, 0) is 6.54 Å². The van der Waals surface area contributed by atoms with Gasteiger partial charge in [-0.3, -0.25) is 9.36 Å². The van der Waals surface area contributed by atoms with Gasteiger partial charge in [0.15, 0.2) is 0 Å². The first kappa shape index (κ1) is 23.4. The van der Waals surface area contributed by atoms with Crippen molar-refractivity contribution < 1.29 is 14.6 Å². The van der Waals surface area contributed by atoms with E-state index in [0.717, 1.165) is 50.5 Å². The zero-order chi connectivity index (χ0) is 24.6. The lowest BCUT2D eigenvalue weighted by Crippen LogP contribution is -2.38. The number of hydrogen-bond acceptors (Lipinski definition) is 4. The molecule has 6 nitrogen and oxygen atoms in total. The molecule has 0 saturated carbocycles. The van der Waals surface area contributed by atoms with Crippen molar-refractivity contribution in [3.8, 4) is 17.2 Å². The molecule has 1 N–H and O–H groups in total. The summed E-state index contributed by atoms with van der Waals surface area (Å²) in [6.07, 6.45) is 0. The second-order valence-corrected chi connectivity index (χ2v) is 9.04. The number of phenols is 1. The third kappa shape index (κ3) is 4.36. The van der Waals surface area contributed by atoms with E-state index in [0.29, 0.717) is 6.54 Å². The van der Waals surface area contributed by atoms with Crippen LogP contribution in [0.5, 0.6) is 11.5 Å². The number of carbonyl (C=O) groups excluding carboxylic acids is 1. The van der Waals surface area contributed by atoms with Crippen LogP contribution in [-0.4, -0.2) is 38.6 Å².